The minimum atomic E-state index is -0.765. The first-order valence-corrected chi connectivity index (χ1v) is 7.00. The van der Waals surface area contributed by atoms with Crippen molar-refractivity contribution in [1.82, 2.24) is 5.32 Å². The SMILES string of the molecule is CCC(C)(CN)C(=O)NC(C)CCCC(C)C(=O)O. The summed E-state index contributed by atoms with van der Waals surface area (Å²) in [5, 5.41) is 11.7. The van der Waals surface area contributed by atoms with Crippen molar-refractivity contribution in [3.05, 3.63) is 0 Å². The van der Waals surface area contributed by atoms with E-state index in [0.29, 0.717) is 19.4 Å². The Morgan fingerprint density at radius 2 is 1.89 bits per heavy atom. The Hall–Kier alpha value is -1.10. The Balaban J connectivity index is 4.08. The van der Waals surface area contributed by atoms with E-state index in [0.717, 1.165) is 12.8 Å². The van der Waals surface area contributed by atoms with Crippen molar-refractivity contribution in [2.45, 2.75) is 59.4 Å². The third-order valence-corrected chi connectivity index (χ3v) is 3.85. The summed E-state index contributed by atoms with van der Waals surface area (Å²) in [4.78, 5) is 22.7. The molecular weight excluding hydrogens is 244 g/mol. The Labute approximate surface area is 115 Å². The van der Waals surface area contributed by atoms with Crippen LogP contribution in [0.3, 0.4) is 0 Å². The number of hydrogen-bond acceptors (Lipinski definition) is 3. The molecule has 0 aliphatic carbocycles. The van der Waals surface area contributed by atoms with Gasteiger partial charge >= 0.3 is 5.97 Å². The van der Waals surface area contributed by atoms with Gasteiger partial charge in [-0.15, -0.1) is 0 Å². The average Bonchev–Trinajstić information content (AvgIpc) is 2.37. The molecule has 19 heavy (non-hydrogen) atoms. The molecule has 0 radical (unpaired) electrons. The fraction of sp³-hybridized carbons (Fsp3) is 0.857. The van der Waals surface area contributed by atoms with Gasteiger partial charge in [0.2, 0.25) is 5.91 Å². The van der Waals surface area contributed by atoms with Gasteiger partial charge in [-0.2, -0.15) is 0 Å². The predicted molar refractivity (Wildman–Crippen MR) is 75.7 cm³/mol. The summed E-state index contributed by atoms with van der Waals surface area (Å²) < 4.78 is 0. The summed E-state index contributed by atoms with van der Waals surface area (Å²) >= 11 is 0. The number of rotatable bonds is 9. The van der Waals surface area contributed by atoms with Crippen LogP contribution >= 0.6 is 0 Å². The number of carboxylic acid groups (broad SMARTS) is 1. The number of nitrogens with one attached hydrogen (secondary N) is 1. The number of nitrogens with two attached hydrogens (primary N) is 1. The second kappa shape index (κ2) is 8.15. The first kappa shape index (κ1) is 17.9. The van der Waals surface area contributed by atoms with Gasteiger partial charge in [0.25, 0.3) is 0 Å². The van der Waals surface area contributed by atoms with Gasteiger partial charge in [0.05, 0.1) is 11.3 Å². The standard InChI is InChI=1S/C14H28N2O3/c1-5-14(4,9-15)13(19)16-11(3)8-6-7-10(2)12(17)18/h10-11H,5-9,15H2,1-4H3,(H,16,19)(H,17,18). The van der Waals surface area contributed by atoms with Crippen LogP contribution < -0.4 is 11.1 Å². The van der Waals surface area contributed by atoms with Crippen LogP contribution in [0.1, 0.15) is 53.4 Å². The van der Waals surface area contributed by atoms with Crippen molar-refractivity contribution in [3.63, 3.8) is 0 Å². The topological polar surface area (TPSA) is 92.4 Å². The quantitative estimate of drug-likeness (QED) is 0.596. The van der Waals surface area contributed by atoms with E-state index in [1.165, 1.54) is 0 Å². The molecule has 0 saturated carbocycles. The van der Waals surface area contributed by atoms with Gasteiger partial charge in [-0.3, -0.25) is 9.59 Å². The lowest BCUT2D eigenvalue weighted by molar-refractivity contribution is -0.141. The lowest BCUT2D eigenvalue weighted by atomic mass is 9.86. The average molecular weight is 272 g/mol. The summed E-state index contributed by atoms with van der Waals surface area (Å²) in [5.74, 6) is -1.11. The summed E-state index contributed by atoms with van der Waals surface area (Å²) in [7, 11) is 0. The largest absolute Gasteiger partial charge is 0.481 e. The molecule has 112 valence electrons. The molecule has 0 aromatic carbocycles. The third kappa shape index (κ3) is 6.05. The first-order chi connectivity index (χ1) is 8.76. The van der Waals surface area contributed by atoms with Crippen LogP contribution in [-0.4, -0.2) is 29.6 Å². The molecule has 4 N–H and O–H groups in total. The molecule has 0 aliphatic heterocycles. The number of amides is 1. The van der Waals surface area contributed by atoms with Crippen LogP contribution in [0, 0.1) is 11.3 Å². The summed E-state index contributed by atoms with van der Waals surface area (Å²) in [5.41, 5.74) is 5.13. The molecule has 0 spiro atoms. The highest BCUT2D eigenvalue weighted by Crippen LogP contribution is 2.20. The van der Waals surface area contributed by atoms with E-state index in [1.807, 2.05) is 20.8 Å². The fourth-order valence-electron chi connectivity index (χ4n) is 1.72. The monoisotopic (exact) mass is 272 g/mol. The van der Waals surface area contributed by atoms with Gasteiger partial charge < -0.3 is 16.2 Å². The number of carbonyl (C=O) groups excluding carboxylic acids is 1. The Bertz CT molecular complexity index is 301. The summed E-state index contributed by atoms with van der Waals surface area (Å²) in [6.45, 7) is 7.79. The minimum Gasteiger partial charge on any atom is -0.481 e. The summed E-state index contributed by atoms with van der Waals surface area (Å²) in [6, 6.07) is 0.0471. The van der Waals surface area contributed by atoms with Gasteiger partial charge in [-0.1, -0.05) is 20.3 Å². The van der Waals surface area contributed by atoms with Gasteiger partial charge in [0.15, 0.2) is 0 Å². The van der Waals surface area contributed by atoms with Crippen LogP contribution in [-0.2, 0) is 9.59 Å². The highest BCUT2D eigenvalue weighted by molar-refractivity contribution is 5.82. The van der Waals surface area contributed by atoms with E-state index in [-0.39, 0.29) is 17.9 Å². The van der Waals surface area contributed by atoms with E-state index in [9.17, 15) is 9.59 Å². The van der Waals surface area contributed by atoms with E-state index < -0.39 is 11.4 Å². The van der Waals surface area contributed by atoms with Crippen LogP contribution in [0.4, 0.5) is 0 Å². The lowest BCUT2D eigenvalue weighted by Gasteiger charge is -2.27. The molecule has 0 bridgehead atoms. The summed E-state index contributed by atoms with van der Waals surface area (Å²) in [6.07, 6.45) is 2.92. The van der Waals surface area contributed by atoms with Crippen LogP contribution in [0.15, 0.2) is 0 Å². The number of hydrogen-bond donors (Lipinski definition) is 3. The molecule has 3 unspecified atom stereocenters. The predicted octanol–water partition coefficient (Wildman–Crippen LogP) is 1.76. The number of aliphatic carboxylic acids is 1. The Kier molecular flexibility index (Phi) is 7.68. The first-order valence-electron chi connectivity index (χ1n) is 7.00. The molecular formula is C14H28N2O3. The molecule has 3 atom stereocenters. The van der Waals surface area contributed by atoms with Crippen molar-refractivity contribution >= 4 is 11.9 Å². The van der Waals surface area contributed by atoms with Gasteiger partial charge in [0, 0.05) is 12.6 Å². The van der Waals surface area contributed by atoms with E-state index in [2.05, 4.69) is 5.32 Å². The van der Waals surface area contributed by atoms with Gasteiger partial charge in [-0.05, 0) is 33.1 Å². The lowest BCUT2D eigenvalue weighted by Crippen LogP contribution is -2.46. The van der Waals surface area contributed by atoms with E-state index in [4.69, 9.17) is 10.8 Å². The molecule has 0 saturated heterocycles. The smallest absolute Gasteiger partial charge is 0.306 e. The maximum atomic E-state index is 12.1. The maximum absolute atomic E-state index is 12.1. The minimum absolute atomic E-state index is 0.0173. The van der Waals surface area contributed by atoms with Gasteiger partial charge in [-0.25, -0.2) is 0 Å². The van der Waals surface area contributed by atoms with Crippen LogP contribution in [0.5, 0.6) is 0 Å². The van der Waals surface area contributed by atoms with E-state index >= 15 is 0 Å². The Morgan fingerprint density at radius 3 is 2.32 bits per heavy atom. The van der Waals surface area contributed by atoms with Gasteiger partial charge in [0.1, 0.15) is 0 Å². The maximum Gasteiger partial charge on any atom is 0.306 e. The molecule has 0 heterocycles. The van der Waals surface area contributed by atoms with Crippen molar-refractivity contribution in [3.8, 4) is 0 Å². The molecule has 5 heteroatoms. The van der Waals surface area contributed by atoms with Crippen LogP contribution in [0.2, 0.25) is 0 Å². The molecule has 0 rings (SSSR count). The molecule has 1 amide bonds. The van der Waals surface area contributed by atoms with Crippen LogP contribution in [0.25, 0.3) is 0 Å². The second-order valence-corrected chi connectivity index (χ2v) is 5.66. The second-order valence-electron chi connectivity index (χ2n) is 5.66. The Morgan fingerprint density at radius 1 is 1.32 bits per heavy atom. The van der Waals surface area contributed by atoms with Crippen molar-refractivity contribution in [1.29, 1.82) is 0 Å². The fourth-order valence-corrected chi connectivity index (χ4v) is 1.72. The molecule has 0 aromatic heterocycles. The highest BCUT2D eigenvalue weighted by atomic mass is 16.4. The highest BCUT2D eigenvalue weighted by Gasteiger charge is 2.30. The van der Waals surface area contributed by atoms with Crippen molar-refractivity contribution < 1.29 is 14.7 Å². The van der Waals surface area contributed by atoms with Crippen molar-refractivity contribution in [2.75, 3.05) is 6.54 Å². The normalized spacial score (nSPS) is 17.3. The zero-order chi connectivity index (χ0) is 15.1. The van der Waals surface area contributed by atoms with Crippen molar-refractivity contribution in [2.24, 2.45) is 17.1 Å². The molecule has 0 aromatic rings. The molecule has 0 fully saturated rings. The zero-order valence-corrected chi connectivity index (χ0v) is 12.5. The number of carbonyl (C=O) groups is 2. The molecule has 0 aliphatic rings. The zero-order valence-electron chi connectivity index (χ0n) is 12.5. The molecule has 5 nitrogen and oxygen atoms in total. The van der Waals surface area contributed by atoms with E-state index in [1.54, 1.807) is 6.92 Å². The third-order valence-electron chi connectivity index (χ3n) is 3.85. The number of carboxylic acids is 1.